The highest BCUT2D eigenvalue weighted by Crippen LogP contribution is 2.28. The Kier molecular flexibility index (Phi) is 11.3. The van der Waals surface area contributed by atoms with Crippen molar-refractivity contribution >= 4 is 85.4 Å². The summed E-state index contributed by atoms with van der Waals surface area (Å²) in [6.45, 7) is 3.81. The second-order valence-electron chi connectivity index (χ2n) is 8.58. The Hall–Kier alpha value is -3.52. The Balaban J connectivity index is 1.42. The van der Waals surface area contributed by atoms with Crippen LogP contribution in [0.25, 0.3) is 6.08 Å². The van der Waals surface area contributed by atoms with E-state index in [1.807, 2.05) is 6.92 Å². The number of carbonyl (C=O) groups is 3. The number of carbonyl (C=O) groups excluding carboxylic acids is 3. The second kappa shape index (κ2) is 15.1. The number of hydrogen-bond donors (Lipinski definition) is 3. The molecule has 3 N–H and O–H groups in total. The largest absolute Gasteiger partial charge is 0.321 e. The van der Waals surface area contributed by atoms with E-state index in [-0.39, 0.29) is 17.2 Å². The highest BCUT2D eigenvalue weighted by atomic mass is 79.9. The van der Waals surface area contributed by atoms with Crippen molar-refractivity contribution in [2.45, 2.75) is 28.3 Å². The molecule has 42 heavy (non-hydrogen) atoms. The van der Waals surface area contributed by atoms with Crippen molar-refractivity contribution in [2.24, 2.45) is 0 Å². The van der Waals surface area contributed by atoms with E-state index in [4.69, 9.17) is 0 Å². The topological polar surface area (TPSA) is 113 Å². The fraction of sp³-hybridized carbons (Fsp3) is 0.138. The number of rotatable bonds is 11. The molecule has 0 aliphatic heterocycles. The normalized spacial score (nSPS) is 12.0. The van der Waals surface area contributed by atoms with E-state index in [0.29, 0.717) is 16.4 Å². The van der Waals surface area contributed by atoms with E-state index in [2.05, 4.69) is 42.1 Å². The number of nitrogens with one attached hydrogen (secondary N) is 3. The molecule has 3 aromatic carbocycles. The quantitative estimate of drug-likeness (QED) is 0.0879. The SMILES string of the molecule is CCSc1nnc(NC(=O)C(C)Sc2ccc(NC(=O)C(=Cc3ccc(Br)cc3)NC(=O)c3ccccc3F)cc2)s1. The van der Waals surface area contributed by atoms with Crippen molar-refractivity contribution in [1.82, 2.24) is 15.5 Å². The molecule has 0 bridgehead atoms. The number of thioether (sulfide) groups is 2. The Labute approximate surface area is 263 Å². The lowest BCUT2D eigenvalue weighted by atomic mass is 10.1. The van der Waals surface area contributed by atoms with Crippen LogP contribution in [0.2, 0.25) is 0 Å². The molecule has 1 unspecified atom stereocenters. The van der Waals surface area contributed by atoms with Crippen molar-refractivity contribution in [1.29, 1.82) is 0 Å². The number of aromatic nitrogens is 2. The van der Waals surface area contributed by atoms with Crippen LogP contribution in [0.1, 0.15) is 29.8 Å². The van der Waals surface area contributed by atoms with Crippen LogP contribution in [-0.2, 0) is 9.59 Å². The fourth-order valence-electron chi connectivity index (χ4n) is 3.44. The Morgan fingerprint density at radius 3 is 2.40 bits per heavy atom. The van der Waals surface area contributed by atoms with Crippen LogP contribution in [0.3, 0.4) is 0 Å². The van der Waals surface area contributed by atoms with E-state index in [1.54, 1.807) is 73.3 Å². The van der Waals surface area contributed by atoms with Gasteiger partial charge in [0.1, 0.15) is 11.5 Å². The summed E-state index contributed by atoms with van der Waals surface area (Å²) in [5.41, 5.74) is 0.882. The van der Waals surface area contributed by atoms with Crippen molar-refractivity contribution in [3.8, 4) is 0 Å². The molecule has 8 nitrogen and oxygen atoms in total. The first-order chi connectivity index (χ1) is 20.2. The fourth-order valence-corrected chi connectivity index (χ4v) is 6.22. The maximum Gasteiger partial charge on any atom is 0.272 e. The molecule has 0 aliphatic rings. The van der Waals surface area contributed by atoms with E-state index in [1.165, 1.54) is 47.4 Å². The monoisotopic (exact) mass is 685 g/mol. The van der Waals surface area contributed by atoms with Gasteiger partial charge in [-0.25, -0.2) is 4.39 Å². The smallest absolute Gasteiger partial charge is 0.272 e. The Bertz CT molecular complexity index is 1600. The summed E-state index contributed by atoms with van der Waals surface area (Å²) in [5.74, 6) is -1.36. The van der Waals surface area contributed by atoms with Gasteiger partial charge in [-0.3, -0.25) is 19.7 Å². The predicted octanol–water partition coefficient (Wildman–Crippen LogP) is 7.08. The molecule has 0 aliphatic carbocycles. The van der Waals surface area contributed by atoms with Gasteiger partial charge in [0.2, 0.25) is 11.0 Å². The van der Waals surface area contributed by atoms with E-state index >= 15 is 0 Å². The van der Waals surface area contributed by atoms with Crippen LogP contribution < -0.4 is 16.0 Å². The zero-order chi connectivity index (χ0) is 30.1. The molecule has 1 atom stereocenters. The first-order valence-corrected chi connectivity index (χ1v) is 16.1. The van der Waals surface area contributed by atoms with Crippen molar-refractivity contribution in [3.05, 3.63) is 99.9 Å². The summed E-state index contributed by atoms with van der Waals surface area (Å²) < 4.78 is 15.9. The molecular formula is C29H25BrFN5O3S3. The van der Waals surface area contributed by atoms with Crippen LogP contribution >= 0.6 is 50.8 Å². The standard InChI is InChI=1S/C29H25BrFN5O3S3/c1-3-40-29-36-35-28(42-29)34-25(37)17(2)41-21-14-12-20(13-15-21)32-27(39)24(16-18-8-10-19(30)11-9-18)33-26(38)22-6-4-5-7-23(22)31/h4-17H,3H2,1-2H3,(H,32,39)(H,33,38)(H,34,35,37). The van der Waals surface area contributed by atoms with Crippen molar-refractivity contribution in [2.75, 3.05) is 16.4 Å². The van der Waals surface area contributed by atoms with Crippen molar-refractivity contribution in [3.63, 3.8) is 0 Å². The number of nitrogens with zero attached hydrogens (tertiary/aromatic N) is 2. The lowest BCUT2D eigenvalue weighted by Gasteiger charge is -2.13. The van der Waals surface area contributed by atoms with Crippen LogP contribution in [0.5, 0.6) is 0 Å². The van der Waals surface area contributed by atoms with Gasteiger partial charge in [-0.05, 0) is 72.8 Å². The van der Waals surface area contributed by atoms with Crippen LogP contribution in [0.4, 0.5) is 15.2 Å². The van der Waals surface area contributed by atoms with Gasteiger partial charge in [-0.2, -0.15) is 0 Å². The number of hydrogen-bond acceptors (Lipinski definition) is 8. The molecular weight excluding hydrogens is 661 g/mol. The average Bonchev–Trinajstić information content (AvgIpc) is 3.41. The summed E-state index contributed by atoms with van der Waals surface area (Å²) in [7, 11) is 0. The molecule has 13 heteroatoms. The third-order valence-electron chi connectivity index (χ3n) is 5.49. The summed E-state index contributed by atoms with van der Waals surface area (Å²) in [5, 5.41) is 16.2. The Morgan fingerprint density at radius 1 is 1.00 bits per heavy atom. The lowest BCUT2D eigenvalue weighted by molar-refractivity contribution is -0.115. The minimum absolute atomic E-state index is 0.0634. The second-order valence-corrected chi connectivity index (χ2v) is 13.4. The highest BCUT2D eigenvalue weighted by molar-refractivity contribution is 9.10. The summed E-state index contributed by atoms with van der Waals surface area (Å²) in [6, 6.07) is 19.6. The molecule has 4 rings (SSSR count). The zero-order valence-electron chi connectivity index (χ0n) is 22.4. The van der Waals surface area contributed by atoms with Crippen LogP contribution in [0, 0.1) is 5.82 Å². The summed E-state index contributed by atoms with van der Waals surface area (Å²) in [4.78, 5) is 39.5. The third kappa shape index (κ3) is 8.99. The van der Waals surface area contributed by atoms with Gasteiger partial charge in [0.05, 0.1) is 10.8 Å². The first kappa shape index (κ1) is 31.4. The molecule has 0 spiro atoms. The van der Waals surface area contributed by atoms with Crippen molar-refractivity contribution < 1.29 is 18.8 Å². The molecule has 0 radical (unpaired) electrons. The van der Waals surface area contributed by atoms with Crippen LogP contribution in [0.15, 0.2) is 92.2 Å². The van der Waals surface area contributed by atoms with E-state index in [0.717, 1.165) is 19.5 Å². The molecule has 0 saturated carbocycles. The van der Waals surface area contributed by atoms with Gasteiger partial charge in [-0.1, -0.05) is 70.2 Å². The number of benzene rings is 3. The molecule has 1 aromatic heterocycles. The maximum atomic E-state index is 14.2. The van der Waals surface area contributed by atoms with Gasteiger partial charge in [0.15, 0.2) is 4.34 Å². The average molecular weight is 687 g/mol. The first-order valence-electron chi connectivity index (χ1n) is 12.6. The number of amides is 3. The van der Waals surface area contributed by atoms with Gasteiger partial charge in [0.25, 0.3) is 11.8 Å². The highest BCUT2D eigenvalue weighted by Gasteiger charge is 2.19. The molecule has 1 heterocycles. The van der Waals surface area contributed by atoms with Crippen LogP contribution in [-0.4, -0.2) is 38.9 Å². The maximum absolute atomic E-state index is 14.2. The molecule has 3 amide bonds. The molecule has 0 saturated heterocycles. The summed E-state index contributed by atoms with van der Waals surface area (Å²) in [6.07, 6.45) is 1.51. The minimum Gasteiger partial charge on any atom is -0.321 e. The molecule has 216 valence electrons. The summed E-state index contributed by atoms with van der Waals surface area (Å²) >= 11 is 7.62. The van der Waals surface area contributed by atoms with Gasteiger partial charge in [0, 0.05) is 15.1 Å². The third-order valence-corrected chi connectivity index (χ3v) is 8.99. The predicted molar refractivity (Wildman–Crippen MR) is 171 cm³/mol. The lowest BCUT2D eigenvalue weighted by Crippen LogP contribution is -2.31. The van der Waals surface area contributed by atoms with E-state index < -0.39 is 22.9 Å². The van der Waals surface area contributed by atoms with Gasteiger partial charge >= 0.3 is 0 Å². The zero-order valence-corrected chi connectivity index (χ0v) is 26.4. The molecule has 0 fully saturated rings. The van der Waals surface area contributed by atoms with Gasteiger partial charge < -0.3 is 10.6 Å². The Morgan fingerprint density at radius 2 is 1.71 bits per heavy atom. The van der Waals surface area contributed by atoms with Gasteiger partial charge in [-0.15, -0.1) is 22.0 Å². The molecule has 4 aromatic rings. The minimum atomic E-state index is -0.750. The number of halogens is 2. The number of anilines is 2. The van der Waals surface area contributed by atoms with E-state index in [9.17, 15) is 18.8 Å².